The summed E-state index contributed by atoms with van der Waals surface area (Å²) in [5, 5.41) is 18.6. The van der Waals surface area contributed by atoms with E-state index >= 15 is 0 Å². The standard InChI is InChI=1S/C36H41F3N8O5S/c1-53(51,52)45-16-10-32-28(22-45)34(43-47(32)21-27(48)20-44-14-8-26(9-15-44)46-13-2-3-33(46)49)23-4-6-29(36(37,38)39)25(17-23)19-42-35(50)24-5-7-30-31(18-24)41-12-11-40-30/h4-7,11-12,17-18,26-27,48H,2-3,8-10,13-16,19-22H2,1H3,(H,42,50). The number of alkyl halides is 3. The van der Waals surface area contributed by atoms with Crippen LogP contribution in [-0.2, 0) is 47.0 Å². The van der Waals surface area contributed by atoms with Crippen LogP contribution in [0.1, 0.15) is 58.4 Å². The molecule has 3 aliphatic heterocycles. The van der Waals surface area contributed by atoms with Crippen LogP contribution in [0, 0.1) is 0 Å². The topological polar surface area (TPSA) is 154 Å². The Balaban J connectivity index is 1.12. The molecular formula is C36H41F3N8O5S. The van der Waals surface area contributed by atoms with Gasteiger partial charge in [-0.25, -0.2) is 8.42 Å². The normalized spacial score (nSPS) is 18.4. The number of benzene rings is 2. The quantitative estimate of drug-likeness (QED) is 0.249. The van der Waals surface area contributed by atoms with E-state index in [1.807, 2.05) is 4.90 Å². The number of hydrogen-bond acceptors (Lipinski definition) is 9. The first-order valence-corrected chi connectivity index (χ1v) is 19.5. The minimum Gasteiger partial charge on any atom is -0.390 e. The number of aliphatic hydroxyl groups is 1. The number of piperidine rings is 1. The number of nitrogens with zero attached hydrogens (tertiary/aromatic N) is 7. The number of likely N-dealkylation sites (tertiary alicyclic amines) is 2. The van der Waals surface area contributed by atoms with E-state index in [9.17, 15) is 36.3 Å². The van der Waals surface area contributed by atoms with E-state index in [1.165, 1.54) is 41.0 Å². The van der Waals surface area contributed by atoms with E-state index in [4.69, 9.17) is 5.10 Å². The molecule has 0 saturated carbocycles. The maximum absolute atomic E-state index is 14.2. The maximum Gasteiger partial charge on any atom is 0.416 e. The Morgan fingerprint density at radius 2 is 1.75 bits per heavy atom. The Hall–Kier alpha value is -4.45. The zero-order valence-electron chi connectivity index (χ0n) is 29.2. The van der Waals surface area contributed by atoms with E-state index in [1.54, 1.807) is 10.7 Å². The van der Waals surface area contributed by atoms with Gasteiger partial charge in [0.25, 0.3) is 5.91 Å². The third-order valence-corrected chi connectivity index (χ3v) is 11.6. The number of carbonyl (C=O) groups excluding carboxylic acids is 2. The molecule has 2 N–H and O–H groups in total. The van der Waals surface area contributed by atoms with Crippen LogP contribution in [0.4, 0.5) is 13.2 Å². The lowest BCUT2D eigenvalue weighted by molar-refractivity contribution is -0.138. The molecule has 13 nitrogen and oxygen atoms in total. The van der Waals surface area contributed by atoms with Crippen LogP contribution in [0.5, 0.6) is 0 Å². The molecule has 17 heteroatoms. The summed E-state index contributed by atoms with van der Waals surface area (Å²) in [7, 11) is -3.60. The van der Waals surface area contributed by atoms with Crippen molar-refractivity contribution in [2.45, 2.75) is 70.1 Å². The average Bonchev–Trinajstić information content (AvgIpc) is 3.72. The molecule has 1 atom stereocenters. The molecule has 0 bridgehead atoms. The predicted octanol–water partition coefficient (Wildman–Crippen LogP) is 3.21. The highest BCUT2D eigenvalue weighted by Crippen LogP contribution is 2.37. The van der Waals surface area contributed by atoms with Gasteiger partial charge < -0.3 is 20.2 Å². The molecule has 3 aliphatic rings. The number of amides is 2. The van der Waals surface area contributed by atoms with Crippen LogP contribution < -0.4 is 5.32 Å². The lowest BCUT2D eigenvalue weighted by atomic mass is 9.97. The van der Waals surface area contributed by atoms with Crippen LogP contribution in [-0.4, -0.2) is 110 Å². The van der Waals surface area contributed by atoms with Crippen LogP contribution in [0.2, 0.25) is 0 Å². The number of carbonyl (C=O) groups is 2. The smallest absolute Gasteiger partial charge is 0.390 e. The molecule has 53 heavy (non-hydrogen) atoms. The molecule has 0 spiro atoms. The summed E-state index contributed by atoms with van der Waals surface area (Å²) in [6.07, 6.45) is 2.00. The van der Waals surface area contributed by atoms with Gasteiger partial charge in [0.15, 0.2) is 0 Å². The van der Waals surface area contributed by atoms with Crippen LogP contribution in [0.15, 0.2) is 48.8 Å². The third kappa shape index (κ3) is 8.07. The molecule has 0 radical (unpaired) electrons. The van der Waals surface area contributed by atoms with Crippen molar-refractivity contribution in [3.63, 3.8) is 0 Å². The van der Waals surface area contributed by atoms with Gasteiger partial charge in [-0.1, -0.05) is 6.07 Å². The molecule has 1 unspecified atom stereocenters. The largest absolute Gasteiger partial charge is 0.416 e. The van der Waals surface area contributed by atoms with Gasteiger partial charge in [0.2, 0.25) is 15.9 Å². The van der Waals surface area contributed by atoms with Crippen LogP contribution >= 0.6 is 0 Å². The zero-order valence-corrected chi connectivity index (χ0v) is 30.0. The van der Waals surface area contributed by atoms with Gasteiger partial charge in [0.1, 0.15) is 0 Å². The fourth-order valence-corrected chi connectivity index (χ4v) is 8.49. The molecule has 0 aliphatic carbocycles. The van der Waals surface area contributed by atoms with Crippen LogP contribution in [0.25, 0.3) is 22.3 Å². The number of nitrogens with one attached hydrogen (secondary N) is 1. The van der Waals surface area contributed by atoms with E-state index < -0.39 is 40.3 Å². The fourth-order valence-electron chi connectivity index (χ4n) is 7.70. The molecule has 2 fully saturated rings. The molecule has 4 aromatic rings. The van der Waals surface area contributed by atoms with Crippen molar-refractivity contribution in [1.29, 1.82) is 0 Å². The summed E-state index contributed by atoms with van der Waals surface area (Å²) < 4.78 is 70.9. The summed E-state index contributed by atoms with van der Waals surface area (Å²) >= 11 is 0. The third-order valence-electron chi connectivity index (χ3n) is 10.4. The van der Waals surface area contributed by atoms with E-state index in [-0.39, 0.29) is 42.7 Å². The predicted molar refractivity (Wildman–Crippen MR) is 189 cm³/mol. The van der Waals surface area contributed by atoms with Crippen molar-refractivity contribution in [3.8, 4) is 11.3 Å². The highest BCUT2D eigenvalue weighted by molar-refractivity contribution is 7.88. The first kappa shape index (κ1) is 36.9. The van der Waals surface area contributed by atoms with E-state index in [0.717, 1.165) is 51.2 Å². The number of aromatic nitrogens is 4. The molecule has 2 aromatic carbocycles. The number of fused-ring (bicyclic) bond motifs is 2. The first-order valence-electron chi connectivity index (χ1n) is 17.7. The fraction of sp³-hybridized carbons (Fsp3) is 0.472. The number of hydrogen-bond donors (Lipinski definition) is 2. The first-order chi connectivity index (χ1) is 25.2. The van der Waals surface area contributed by atoms with Crippen molar-refractivity contribution in [2.75, 3.05) is 39.0 Å². The van der Waals surface area contributed by atoms with Crippen molar-refractivity contribution >= 4 is 32.9 Å². The lowest BCUT2D eigenvalue weighted by Crippen LogP contribution is -2.47. The van der Waals surface area contributed by atoms with Gasteiger partial charge in [-0.05, 0) is 55.2 Å². The van der Waals surface area contributed by atoms with E-state index in [0.29, 0.717) is 52.9 Å². The number of rotatable bonds is 10. The van der Waals surface area contributed by atoms with Gasteiger partial charge in [-0.3, -0.25) is 24.2 Å². The molecular weight excluding hydrogens is 714 g/mol. The molecule has 2 amide bonds. The minimum absolute atomic E-state index is 0.0275. The summed E-state index contributed by atoms with van der Waals surface area (Å²) in [6, 6.07) is 8.43. The van der Waals surface area contributed by atoms with Crippen molar-refractivity contribution in [2.24, 2.45) is 0 Å². The Morgan fingerprint density at radius 1 is 1.00 bits per heavy atom. The van der Waals surface area contributed by atoms with E-state index in [2.05, 4.69) is 20.2 Å². The molecule has 282 valence electrons. The SMILES string of the molecule is CS(=O)(=O)N1CCc2c(c(-c3ccc(C(F)(F)F)c(CNC(=O)c4ccc5nccnc5c4)c3)nn2CC(O)CN2CCC(N3CCCC3=O)CC2)C1. The Morgan fingerprint density at radius 3 is 2.45 bits per heavy atom. The second kappa shape index (κ2) is 14.8. The Bertz CT molecular complexity index is 2130. The Labute approximate surface area is 304 Å². The lowest BCUT2D eigenvalue weighted by Gasteiger charge is -2.37. The minimum atomic E-state index is -4.72. The number of aliphatic hydroxyl groups excluding tert-OH is 1. The summed E-state index contributed by atoms with van der Waals surface area (Å²) in [4.78, 5) is 37.8. The van der Waals surface area contributed by atoms with Gasteiger partial charge in [-0.2, -0.15) is 22.6 Å². The molecule has 7 rings (SSSR count). The highest BCUT2D eigenvalue weighted by Gasteiger charge is 2.36. The number of sulfonamides is 1. The van der Waals surface area contributed by atoms with Gasteiger partial charge in [0.05, 0.1) is 41.2 Å². The summed E-state index contributed by atoms with van der Waals surface area (Å²) in [5.74, 6) is -0.386. The monoisotopic (exact) mass is 754 g/mol. The van der Waals surface area contributed by atoms with Gasteiger partial charge in [-0.15, -0.1) is 0 Å². The zero-order chi connectivity index (χ0) is 37.5. The number of halogens is 3. The second-order valence-electron chi connectivity index (χ2n) is 14.0. The average molecular weight is 755 g/mol. The van der Waals surface area contributed by atoms with Crippen molar-refractivity contribution < 1.29 is 36.3 Å². The molecule has 2 saturated heterocycles. The Kier molecular flexibility index (Phi) is 10.3. The molecule has 2 aromatic heterocycles. The van der Waals surface area contributed by atoms with Gasteiger partial charge >= 0.3 is 6.18 Å². The summed E-state index contributed by atoms with van der Waals surface area (Å²) in [6.45, 7) is 2.46. The maximum atomic E-state index is 14.2. The van der Waals surface area contributed by atoms with Gasteiger partial charge in [0, 0.05) is 99.5 Å². The van der Waals surface area contributed by atoms with Crippen molar-refractivity contribution in [3.05, 3.63) is 76.7 Å². The molecule has 5 heterocycles. The van der Waals surface area contributed by atoms with Crippen LogP contribution in [0.3, 0.4) is 0 Å². The highest BCUT2D eigenvalue weighted by atomic mass is 32.2. The second-order valence-corrected chi connectivity index (χ2v) is 16.0. The summed E-state index contributed by atoms with van der Waals surface area (Å²) in [5.41, 5.74) is 2.01. The number of β-amino-alcohol motifs (C(OH)–C–C–N with tert-alkyl or cyclic N) is 1. The van der Waals surface area contributed by atoms with Crippen molar-refractivity contribution in [1.82, 2.24) is 39.2 Å².